The van der Waals surface area contributed by atoms with Gasteiger partial charge in [0.2, 0.25) is 5.91 Å². The third-order valence-electron chi connectivity index (χ3n) is 2.59. The fraction of sp³-hybridized carbons (Fsp3) is 0.462. The standard InChI is InChI=1S/C13H19BrN2O2/c1-4-15-8-13(17)16(2)9-10-5-6-12(18-3)11(14)7-10/h5-7,15H,4,8-9H2,1-3H3. The van der Waals surface area contributed by atoms with Gasteiger partial charge in [-0.1, -0.05) is 13.0 Å². The number of methoxy groups -OCH3 is 1. The van der Waals surface area contributed by atoms with Crippen molar-refractivity contribution >= 4 is 21.8 Å². The normalized spacial score (nSPS) is 10.2. The molecule has 0 radical (unpaired) electrons. The molecule has 1 N–H and O–H groups in total. The van der Waals surface area contributed by atoms with Crippen molar-refractivity contribution in [3.05, 3.63) is 28.2 Å². The lowest BCUT2D eigenvalue weighted by Crippen LogP contribution is -2.35. The van der Waals surface area contributed by atoms with E-state index in [0.717, 1.165) is 22.3 Å². The predicted molar refractivity (Wildman–Crippen MR) is 75.7 cm³/mol. The summed E-state index contributed by atoms with van der Waals surface area (Å²) in [6.07, 6.45) is 0. The minimum Gasteiger partial charge on any atom is -0.496 e. The van der Waals surface area contributed by atoms with Crippen LogP contribution >= 0.6 is 15.9 Å². The molecule has 0 atom stereocenters. The van der Waals surface area contributed by atoms with Crippen LogP contribution in [0.25, 0.3) is 0 Å². The van der Waals surface area contributed by atoms with Gasteiger partial charge in [-0.2, -0.15) is 0 Å². The summed E-state index contributed by atoms with van der Waals surface area (Å²) in [6.45, 7) is 3.75. The minimum absolute atomic E-state index is 0.0868. The van der Waals surface area contributed by atoms with Gasteiger partial charge in [0.1, 0.15) is 5.75 Å². The van der Waals surface area contributed by atoms with Gasteiger partial charge >= 0.3 is 0 Å². The van der Waals surface area contributed by atoms with Crippen LogP contribution < -0.4 is 10.1 Å². The number of nitrogens with one attached hydrogen (secondary N) is 1. The topological polar surface area (TPSA) is 41.6 Å². The first-order valence-corrected chi connectivity index (χ1v) is 6.64. The first-order valence-electron chi connectivity index (χ1n) is 5.85. The Morgan fingerprint density at radius 3 is 2.78 bits per heavy atom. The zero-order chi connectivity index (χ0) is 13.5. The van der Waals surface area contributed by atoms with Crippen molar-refractivity contribution in [2.75, 3.05) is 27.2 Å². The Morgan fingerprint density at radius 2 is 2.22 bits per heavy atom. The molecule has 100 valence electrons. The van der Waals surface area contributed by atoms with E-state index in [1.807, 2.05) is 25.1 Å². The predicted octanol–water partition coefficient (Wildman–Crippen LogP) is 2.03. The molecule has 0 aliphatic heterocycles. The van der Waals surface area contributed by atoms with Gasteiger partial charge in [-0.3, -0.25) is 4.79 Å². The summed E-state index contributed by atoms with van der Waals surface area (Å²) in [5.74, 6) is 0.879. The van der Waals surface area contributed by atoms with Gasteiger partial charge in [-0.05, 0) is 40.2 Å². The van der Waals surface area contributed by atoms with E-state index in [9.17, 15) is 4.79 Å². The van der Waals surface area contributed by atoms with Crippen molar-refractivity contribution < 1.29 is 9.53 Å². The van der Waals surface area contributed by atoms with Gasteiger partial charge in [0.05, 0.1) is 18.1 Å². The summed E-state index contributed by atoms with van der Waals surface area (Å²) < 4.78 is 6.07. The molecule has 1 amide bonds. The largest absolute Gasteiger partial charge is 0.496 e. The van der Waals surface area contributed by atoms with Crippen LogP contribution in [0.1, 0.15) is 12.5 Å². The van der Waals surface area contributed by atoms with Crippen molar-refractivity contribution in [2.24, 2.45) is 0 Å². The second kappa shape index (κ2) is 7.38. The van der Waals surface area contributed by atoms with E-state index in [2.05, 4.69) is 21.2 Å². The lowest BCUT2D eigenvalue weighted by atomic mass is 10.2. The number of carbonyl (C=O) groups excluding carboxylic acids is 1. The van der Waals surface area contributed by atoms with Crippen molar-refractivity contribution in [3.63, 3.8) is 0 Å². The summed E-state index contributed by atoms with van der Waals surface area (Å²) in [4.78, 5) is 13.4. The second-order valence-corrected chi connectivity index (χ2v) is 4.85. The quantitative estimate of drug-likeness (QED) is 0.873. The van der Waals surface area contributed by atoms with Crippen LogP contribution in [0.3, 0.4) is 0 Å². The Hall–Kier alpha value is -1.07. The Labute approximate surface area is 116 Å². The minimum atomic E-state index is 0.0868. The fourth-order valence-electron chi connectivity index (χ4n) is 1.54. The van der Waals surface area contributed by atoms with E-state index in [4.69, 9.17) is 4.74 Å². The first-order chi connectivity index (χ1) is 8.58. The number of amides is 1. The number of benzene rings is 1. The summed E-state index contributed by atoms with van der Waals surface area (Å²) in [5, 5.41) is 3.02. The van der Waals surface area contributed by atoms with E-state index >= 15 is 0 Å². The molecule has 0 aliphatic rings. The fourth-order valence-corrected chi connectivity index (χ4v) is 2.13. The maximum absolute atomic E-state index is 11.7. The van der Waals surface area contributed by atoms with Crippen LogP contribution in [0.4, 0.5) is 0 Å². The molecule has 1 aromatic carbocycles. The van der Waals surface area contributed by atoms with Crippen LogP contribution in [-0.4, -0.2) is 38.1 Å². The Morgan fingerprint density at radius 1 is 1.50 bits per heavy atom. The maximum Gasteiger partial charge on any atom is 0.236 e. The number of ether oxygens (including phenoxy) is 1. The third-order valence-corrected chi connectivity index (χ3v) is 3.21. The number of nitrogens with zero attached hydrogens (tertiary/aromatic N) is 1. The molecule has 5 heteroatoms. The number of likely N-dealkylation sites (N-methyl/N-ethyl adjacent to an activating group) is 2. The molecule has 0 aromatic heterocycles. The Balaban J connectivity index is 2.61. The highest BCUT2D eigenvalue weighted by molar-refractivity contribution is 9.10. The lowest BCUT2D eigenvalue weighted by molar-refractivity contribution is -0.129. The zero-order valence-corrected chi connectivity index (χ0v) is 12.6. The Kier molecular flexibility index (Phi) is 6.15. The lowest BCUT2D eigenvalue weighted by Gasteiger charge is -2.18. The SMILES string of the molecule is CCNCC(=O)N(C)Cc1ccc(OC)c(Br)c1. The number of halogens is 1. The van der Waals surface area contributed by atoms with Gasteiger partial charge < -0.3 is 15.0 Å². The summed E-state index contributed by atoms with van der Waals surface area (Å²) in [5.41, 5.74) is 1.06. The van der Waals surface area contributed by atoms with Crippen molar-refractivity contribution in [3.8, 4) is 5.75 Å². The molecule has 0 heterocycles. The van der Waals surface area contributed by atoms with Gasteiger partial charge in [0.25, 0.3) is 0 Å². The monoisotopic (exact) mass is 314 g/mol. The van der Waals surface area contributed by atoms with Crippen molar-refractivity contribution in [1.82, 2.24) is 10.2 Å². The molecule has 0 unspecified atom stereocenters. The summed E-state index contributed by atoms with van der Waals surface area (Å²) in [6, 6.07) is 5.82. The highest BCUT2D eigenvalue weighted by Gasteiger charge is 2.09. The zero-order valence-electron chi connectivity index (χ0n) is 11.0. The van der Waals surface area contributed by atoms with Crippen LogP contribution in [0.5, 0.6) is 5.75 Å². The second-order valence-electron chi connectivity index (χ2n) is 4.00. The third kappa shape index (κ3) is 4.31. The van der Waals surface area contributed by atoms with Gasteiger partial charge in [-0.25, -0.2) is 0 Å². The molecule has 0 spiro atoms. The average molecular weight is 315 g/mol. The molecule has 1 rings (SSSR count). The van der Waals surface area contributed by atoms with Gasteiger partial charge in [0.15, 0.2) is 0 Å². The highest BCUT2D eigenvalue weighted by Crippen LogP contribution is 2.25. The van der Waals surface area contributed by atoms with Crippen molar-refractivity contribution in [1.29, 1.82) is 0 Å². The van der Waals surface area contributed by atoms with E-state index in [-0.39, 0.29) is 5.91 Å². The van der Waals surface area contributed by atoms with Crippen LogP contribution in [0.15, 0.2) is 22.7 Å². The first kappa shape index (κ1) is 15.0. The summed E-state index contributed by atoms with van der Waals surface area (Å²) >= 11 is 3.44. The summed E-state index contributed by atoms with van der Waals surface area (Å²) in [7, 11) is 3.43. The Bertz CT molecular complexity index is 410. The average Bonchev–Trinajstić information content (AvgIpc) is 2.36. The number of carbonyl (C=O) groups is 1. The van der Waals surface area contributed by atoms with Crippen molar-refractivity contribution in [2.45, 2.75) is 13.5 Å². The van der Waals surface area contributed by atoms with Gasteiger partial charge in [0, 0.05) is 13.6 Å². The smallest absolute Gasteiger partial charge is 0.236 e. The van der Waals surface area contributed by atoms with E-state index < -0.39 is 0 Å². The molecular formula is C13H19BrN2O2. The molecule has 0 saturated heterocycles. The molecule has 0 aliphatic carbocycles. The molecule has 0 bridgehead atoms. The van der Waals surface area contributed by atoms with E-state index in [0.29, 0.717) is 13.1 Å². The van der Waals surface area contributed by atoms with Gasteiger partial charge in [-0.15, -0.1) is 0 Å². The molecule has 0 saturated carbocycles. The molecule has 0 fully saturated rings. The number of hydrogen-bond donors (Lipinski definition) is 1. The maximum atomic E-state index is 11.7. The molecule has 1 aromatic rings. The van der Waals surface area contributed by atoms with E-state index in [1.54, 1.807) is 19.1 Å². The van der Waals surface area contributed by atoms with Crippen LogP contribution in [0.2, 0.25) is 0 Å². The molecule has 18 heavy (non-hydrogen) atoms. The van der Waals surface area contributed by atoms with Crippen LogP contribution in [-0.2, 0) is 11.3 Å². The molecule has 4 nitrogen and oxygen atoms in total. The number of hydrogen-bond acceptors (Lipinski definition) is 3. The highest BCUT2D eigenvalue weighted by atomic mass is 79.9. The van der Waals surface area contributed by atoms with Crippen LogP contribution in [0, 0.1) is 0 Å². The number of rotatable bonds is 6. The van der Waals surface area contributed by atoms with E-state index in [1.165, 1.54) is 0 Å². The molecular weight excluding hydrogens is 296 g/mol.